The number of hydrogen-bond donors (Lipinski definition) is 1. The molecule has 18 heavy (non-hydrogen) atoms. The van der Waals surface area contributed by atoms with Crippen LogP contribution in [0.4, 0.5) is 0 Å². The van der Waals surface area contributed by atoms with E-state index in [4.69, 9.17) is 5.73 Å². The average molecular weight is 244 g/mol. The molecule has 96 valence electrons. The van der Waals surface area contributed by atoms with Gasteiger partial charge in [-0.1, -0.05) is 6.92 Å². The largest absolute Gasteiger partial charge is 0.330 e. The molecule has 4 heteroatoms. The van der Waals surface area contributed by atoms with E-state index in [9.17, 15) is 0 Å². The van der Waals surface area contributed by atoms with Crippen LogP contribution < -0.4 is 5.73 Å². The van der Waals surface area contributed by atoms with Gasteiger partial charge in [0.05, 0.1) is 17.6 Å². The van der Waals surface area contributed by atoms with Crippen LogP contribution in [-0.4, -0.2) is 21.3 Å². The summed E-state index contributed by atoms with van der Waals surface area (Å²) in [5, 5.41) is 4.60. The lowest BCUT2D eigenvalue weighted by atomic mass is 10.1. The summed E-state index contributed by atoms with van der Waals surface area (Å²) in [6.45, 7) is 6.96. The maximum atomic E-state index is 5.58. The predicted octanol–water partition coefficient (Wildman–Crippen LogP) is 1.95. The summed E-state index contributed by atoms with van der Waals surface area (Å²) in [6, 6.07) is 2.11. The Bertz CT molecular complexity index is 543. The standard InChI is InChI=1S/C14H20N4/c1-4-14-10(2)17-18(11(14)3)13-7-12(5-6-15)8-16-9-13/h7-9H,4-6,15H2,1-3H3. The number of aryl methyl sites for hydroxylation is 1. The molecule has 0 aliphatic heterocycles. The first kappa shape index (κ1) is 12.8. The van der Waals surface area contributed by atoms with Gasteiger partial charge in [0, 0.05) is 11.9 Å². The molecule has 0 bridgehead atoms. The van der Waals surface area contributed by atoms with Crippen molar-refractivity contribution < 1.29 is 0 Å². The van der Waals surface area contributed by atoms with Gasteiger partial charge in [-0.05, 0) is 50.4 Å². The van der Waals surface area contributed by atoms with Crippen LogP contribution in [0, 0.1) is 13.8 Å². The van der Waals surface area contributed by atoms with Crippen molar-refractivity contribution >= 4 is 0 Å². The van der Waals surface area contributed by atoms with E-state index in [1.807, 2.05) is 17.1 Å². The Labute approximate surface area is 108 Å². The highest BCUT2D eigenvalue weighted by molar-refractivity contribution is 5.37. The van der Waals surface area contributed by atoms with E-state index in [2.05, 4.69) is 36.9 Å². The summed E-state index contributed by atoms with van der Waals surface area (Å²) >= 11 is 0. The van der Waals surface area contributed by atoms with Crippen molar-refractivity contribution in [3.63, 3.8) is 0 Å². The van der Waals surface area contributed by atoms with E-state index in [1.165, 1.54) is 11.3 Å². The summed E-state index contributed by atoms with van der Waals surface area (Å²) < 4.78 is 1.97. The summed E-state index contributed by atoms with van der Waals surface area (Å²) in [5.41, 5.74) is 11.4. The fourth-order valence-electron chi connectivity index (χ4n) is 2.33. The van der Waals surface area contributed by atoms with Gasteiger partial charge < -0.3 is 5.73 Å². The number of aromatic nitrogens is 3. The van der Waals surface area contributed by atoms with Crippen molar-refractivity contribution in [3.8, 4) is 5.69 Å². The maximum absolute atomic E-state index is 5.58. The SMILES string of the molecule is CCc1c(C)nn(-c2cncc(CCN)c2)c1C. The zero-order chi connectivity index (χ0) is 13.1. The highest BCUT2D eigenvalue weighted by Gasteiger charge is 2.11. The predicted molar refractivity (Wildman–Crippen MR) is 73.0 cm³/mol. The molecular formula is C14H20N4. The van der Waals surface area contributed by atoms with Gasteiger partial charge in [-0.3, -0.25) is 4.98 Å². The van der Waals surface area contributed by atoms with E-state index >= 15 is 0 Å². The lowest BCUT2D eigenvalue weighted by Crippen LogP contribution is -2.05. The fourth-order valence-corrected chi connectivity index (χ4v) is 2.33. The molecule has 0 aliphatic rings. The second-order valence-electron chi connectivity index (χ2n) is 4.50. The van der Waals surface area contributed by atoms with Crippen molar-refractivity contribution in [3.05, 3.63) is 41.0 Å². The van der Waals surface area contributed by atoms with Gasteiger partial charge in [0.25, 0.3) is 0 Å². The molecule has 2 rings (SSSR count). The number of pyridine rings is 1. The van der Waals surface area contributed by atoms with E-state index in [1.54, 1.807) is 0 Å². The maximum Gasteiger partial charge on any atom is 0.0834 e. The molecular weight excluding hydrogens is 224 g/mol. The van der Waals surface area contributed by atoms with E-state index < -0.39 is 0 Å². The minimum absolute atomic E-state index is 0.641. The van der Waals surface area contributed by atoms with Gasteiger partial charge >= 0.3 is 0 Å². The van der Waals surface area contributed by atoms with Gasteiger partial charge in [0.15, 0.2) is 0 Å². The molecule has 0 saturated carbocycles. The molecule has 0 aromatic carbocycles. The van der Waals surface area contributed by atoms with Gasteiger partial charge in [0.1, 0.15) is 0 Å². The van der Waals surface area contributed by atoms with Crippen molar-refractivity contribution in [1.29, 1.82) is 0 Å². The minimum atomic E-state index is 0.641. The first-order valence-electron chi connectivity index (χ1n) is 6.36. The summed E-state index contributed by atoms with van der Waals surface area (Å²) in [4.78, 5) is 4.27. The Morgan fingerprint density at radius 1 is 1.28 bits per heavy atom. The normalized spacial score (nSPS) is 10.9. The van der Waals surface area contributed by atoms with Crippen LogP contribution in [0.5, 0.6) is 0 Å². The molecule has 0 fully saturated rings. The molecule has 0 unspecified atom stereocenters. The Kier molecular flexibility index (Phi) is 3.77. The Morgan fingerprint density at radius 2 is 2.06 bits per heavy atom. The quantitative estimate of drug-likeness (QED) is 0.894. The summed E-state index contributed by atoms with van der Waals surface area (Å²) in [5.74, 6) is 0. The molecule has 4 nitrogen and oxygen atoms in total. The molecule has 2 aromatic heterocycles. The molecule has 2 N–H and O–H groups in total. The van der Waals surface area contributed by atoms with Crippen molar-refractivity contribution in [2.45, 2.75) is 33.6 Å². The fraction of sp³-hybridized carbons (Fsp3) is 0.429. The zero-order valence-electron chi connectivity index (χ0n) is 11.3. The molecule has 0 atom stereocenters. The molecule has 2 aromatic rings. The van der Waals surface area contributed by atoms with Crippen molar-refractivity contribution in [1.82, 2.24) is 14.8 Å². The van der Waals surface area contributed by atoms with Gasteiger partial charge in [-0.2, -0.15) is 5.10 Å². The number of nitrogens with two attached hydrogens (primary N) is 1. The van der Waals surface area contributed by atoms with E-state index in [-0.39, 0.29) is 0 Å². The third kappa shape index (κ3) is 2.29. The second-order valence-corrected chi connectivity index (χ2v) is 4.50. The zero-order valence-corrected chi connectivity index (χ0v) is 11.3. The molecule has 0 amide bonds. The number of hydrogen-bond acceptors (Lipinski definition) is 3. The smallest absolute Gasteiger partial charge is 0.0834 e. The van der Waals surface area contributed by atoms with E-state index in [0.717, 1.165) is 29.8 Å². The Balaban J connectivity index is 2.45. The van der Waals surface area contributed by atoms with Crippen molar-refractivity contribution in [2.24, 2.45) is 5.73 Å². The third-order valence-electron chi connectivity index (χ3n) is 3.25. The topological polar surface area (TPSA) is 56.7 Å². The van der Waals surface area contributed by atoms with Gasteiger partial charge in [-0.25, -0.2) is 4.68 Å². The number of rotatable bonds is 4. The summed E-state index contributed by atoms with van der Waals surface area (Å²) in [7, 11) is 0. The molecule has 0 aliphatic carbocycles. The van der Waals surface area contributed by atoms with Crippen LogP contribution in [0.2, 0.25) is 0 Å². The number of nitrogens with zero attached hydrogens (tertiary/aromatic N) is 3. The molecule has 0 radical (unpaired) electrons. The van der Waals surface area contributed by atoms with Crippen molar-refractivity contribution in [2.75, 3.05) is 6.54 Å². The lowest BCUT2D eigenvalue weighted by molar-refractivity contribution is 0.822. The van der Waals surface area contributed by atoms with Crippen LogP contribution in [0.1, 0.15) is 29.4 Å². The first-order chi connectivity index (χ1) is 8.67. The minimum Gasteiger partial charge on any atom is -0.330 e. The monoisotopic (exact) mass is 244 g/mol. The third-order valence-corrected chi connectivity index (χ3v) is 3.25. The van der Waals surface area contributed by atoms with Crippen LogP contribution in [0.25, 0.3) is 5.69 Å². The first-order valence-corrected chi connectivity index (χ1v) is 6.36. The van der Waals surface area contributed by atoms with Crippen LogP contribution >= 0.6 is 0 Å². The lowest BCUT2D eigenvalue weighted by Gasteiger charge is -2.06. The highest BCUT2D eigenvalue weighted by atomic mass is 15.3. The van der Waals surface area contributed by atoms with Gasteiger partial charge in [-0.15, -0.1) is 0 Å². The average Bonchev–Trinajstić information content (AvgIpc) is 2.65. The van der Waals surface area contributed by atoms with Crippen LogP contribution in [0.3, 0.4) is 0 Å². The second kappa shape index (κ2) is 5.31. The van der Waals surface area contributed by atoms with E-state index in [0.29, 0.717) is 6.54 Å². The molecule has 0 saturated heterocycles. The Hall–Kier alpha value is -1.68. The van der Waals surface area contributed by atoms with Crippen LogP contribution in [0.15, 0.2) is 18.5 Å². The Morgan fingerprint density at radius 3 is 2.67 bits per heavy atom. The molecule has 0 spiro atoms. The molecule has 2 heterocycles. The highest BCUT2D eigenvalue weighted by Crippen LogP contribution is 2.18. The van der Waals surface area contributed by atoms with Crippen LogP contribution in [-0.2, 0) is 12.8 Å². The van der Waals surface area contributed by atoms with Gasteiger partial charge in [0.2, 0.25) is 0 Å². The summed E-state index contributed by atoms with van der Waals surface area (Å²) in [6.07, 6.45) is 5.57.